The monoisotopic (exact) mass is 944 g/mol. The summed E-state index contributed by atoms with van der Waals surface area (Å²) in [5.41, 5.74) is 18.8. The van der Waals surface area contributed by atoms with E-state index in [0.717, 1.165) is 105 Å². The summed E-state index contributed by atoms with van der Waals surface area (Å²) < 4.78 is 9.00. The molecule has 0 bridgehead atoms. The van der Waals surface area contributed by atoms with Crippen LogP contribution >= 0.6 is 0 Å². The molecule has 0 saturated carbocycles. The molecule has 0 fully saturated rings. The molecule has 0 aliphatic rings. The molecule has 0 radical (unpaired) electrons. The number of hydrogen-bond donors (Lipinski definition) is 0. The van der Waals surface area contributed by atoms with Gasteiger partial charge in [-0.05, 0) is 134 Å². The van der Waals surface area contributed by atoms with E-state index in [4.69, 9.17) is 19.4 Å². The van der Waals surface area contributed by atoms with E-state index < -0.39 is 0 Å². The Morgan fingerprint density at radius 1 is 0.257 bits per heavy atom. The van der Waals surface area contributed by atoms with Crippen LogP contribution in [0.2, 0.25) is 0 Å². The molecule has 5 heteroatoms. The van der Waals surface area contributed by atoms with Crippen molar-refractivity contribution in [2.45, 2.75) is 0 Å². The van der Waals surface area contributed by atoms with Gasteiger partial charge in [0.1, 0.15) is 11.2 Å². The SMILES string of the molecule is c1ccc(-c2cccc(-c3cc(-c4cccc(-c5ccccc5)c4)cc(-c4nc(-c5ccccc5)nc(-c5cccc6oc7ccc(-c8ccc9c(c8)c8ccccc8n9-c8ccccc8)cc7c56)n4)c3)c2)cc1. The Bertz CT molecular complexity index is 4310. The molecule has 14 rings (SSSR count). The second kappa shape index (κ2) is 18.0. The zero-order valence-electron chi connectivity index (χ0n) is 40.1. The average molecular weight is 945 g/mol. The van der Waals surface area contributed by atoms with Crippen LogP contribution in [0.1, 0.15) is 0 Å². The fourth-order valence-electron chi connectivity index (χ4n) is 10.7. The van der Waals surface area contributed by atoms with Gasteiger partial charge in [0.25, 0.3) is 0 Å². The van der Waals surface area contributed by atoms with E-state index in [9.17, 15) is 0 Å². The molecule has 5 nitrogen and oxygen atoms in total. The van der Waals surface area contributed by atoms with Crippen molar-refractivity contribution in [3.05, 3.63) is 267 Å². The Morgan fingerprint density at radius 2 is 0.703 bits per heavy atom. The van der Waals surface area contributed by atoms with Gasteiger partial charge in [0.05, 0.1) is 11.0 Å². The second-order valence-electron chi connectivity index (χ2n) is 18.8. The number of aromatic nitrogens is 4. The summed E-state index contributed by atoms with van der Waals surface area (Å²) in [4.78, 5) is 16.0. The third-order valence-electron chi connectivity index (χ3n) is 14.2. The molecule has 0 N–H and O–H groups in total. The number of para-hydroxylation sites is 2. The van der Waals surface area contributed by atoms with Crippen molar-refractivity contribution in [3.8, 4) is 95.5 Å². The Hall–Kier alpha value is -9.97. The van der Waals surface area contributed by atoms with Gasteiger partial charge >= 0.3 is 0 Å². The first kappa shape index (κ1) is 42.9. The Balaban J connectivity index is 0.944. The molecule has 0 aliphatic carbocycles. The average Bonchev–Trinajstić information content (AvgIpc) is 4.03. The van der Waals surface area contributed by atoms with Crippen molar-refractivity contribution < 1.29 is 4.42 Å². The van der Waals surface area contributed by atoms with Crippen molar-refractivity contribution in [2.24, 2.45) is 0 Å². The molecular formula is C69H44N4O. The van der Waals surface area contributed by atoms with E-state index in [1.807, 2.05) is 30.3 Å². The minimum Gasteiger partial charge on any atom is -0.456 e. The lowest BCUT2D eigenvalue weighted by Crippen LogP contribution is -2.01. The van der Waals surface area contributed by atoms with Gasteiger partial charge in [-0.2, -0.15) is 0 Å². The Kier molecular flexibility index (Phi) is 10.4. The van der Waals surface area contributed by atoms with Gasteiger partial charge in [0.15, 0.2) is 17.5 Å². The van der Waals surface area contributed by atoms with Gasteiger partial charge in [0, 0.05) is 43.9 Å². The van der Waals surface area contributed by atoms with Crippen molar-refractivity contribution in [1.29, 1.82) is 0 Å². The van der Waals surface area contributed by atoms with Crippen LogP contribution < -0.4 is 0 Å². The number of furan rings is 1. The lowest BCUT2D eigenvalue weighted by Gasteiger charge is -2.14. The van der Waals surface area contributed by atoms with Gasteiger partial charge in [0.2, 0.25) is 0 Å². The van der Waals surface area contributed by atoms with Crippen LogP contribution in [0, 0.1) is 0 Å². The first-order valence-corrected chi connectivity index (χ1v) is 25.0. The molecular weight excluding hydrogens is 901 g/mol. The fraction of sp³-hybridized carbons (Fsp3) is 0. The highest BCUT2D eigenvalue weighted by Gasteiger charge is 2.21. The number of fused-ring (bicyclic) bond motifs is 6. The summed E-state index contributed by atoms with van der Waals surface area (Å²) in [6.07, 6.45) is 0. The number of benzene rings is 11. The first-order chi connectivity index (χ1) is 36.6. The summed E-state index contributed by atoms with van der Waals surface area (Å²) in [7, 11) is 0. The third-order valence-corrected chi connectivity index (χ3v) is 14.2. The lowest BCUT2D eigenvalue weighted by atomic mass is 9.92. The standard InChI is InChI=1S/C69H44N4O/c1-5-18-45(19-6-1)48-24-15-26-50(38-48)54-40-55(51-27-16-25-49(39-51)46-20-7-2-8-21-46)42-56(41-54)68-70-67(47-22-9-3-10-23-47)71-69(72-68)59-31-17-33-65-66(59)61-44-53(35-37-64(61)74-65)52-34-36-63-60(43-52)58-30-13-14-32-62(58)73(63)57-28-11-4-12-29-57/h1-44H. The van der Waals surface area contributed by atoms with Crippen LogP contribution in [0.5, 0.6) is 0 Å². The molecule has 346 valence electrons. The molecule has 0 amide bonds. The van der Waals surface area contributed by atoms with E-state index in [1.54, 1.807) is 0 Å². The van der Waals surface area contributed by atoms with Gasteiger partial charge in [-0.3, -0.25) is 0 Å². The minimum atomic E-state index is 0.562. The number of nitrogens with zero attached hydrogens (tertiary/aromatic N) is 4. The largest absolute Gasteiger partial charge is 0.456 e. The van der Waals surface area contributed by atoms with Crippen molar-refractivity contribution >= 4 is 43.7 Å². The summed E-state index contributed by atoms with van der Waals surface area (Å²) in [5.74, 6) is 1.72. The maximum atomic E-state index is 6.65. The van der Waals surface area contributed by atoms with E-state index in [1.165, 1.54) is 16.3 Å². The molecule has 11 aromatic carbocycles. The molecule has 3 aromatic heterocycles. The number of hydrogen-bond acceptors (Lipinski definition) is 4. The normalized spacial score (nSPS) is 11.5. The van der Waals surface area contributed by atoms with Crippen molar-refractivity contribution in [3.63, 3.8) is 0 Å². The summed E-state index contributed by atoms with van der Waals surface area (Å²) in [6.45, 7) is 0. The highest BCUT2D eigenvalue weighted by atomic mass is 16.3. The maximum absolute atomic E-state index is 6.65. The van der Waals surface area contributed by atoms with Crippen LogP contribution in [-0.2, 0) is 0 Å². The van der Waals surface area contributed by atoms with Gasteiger partial charge in [-0.25, -0.2) is 15.0 Å². The lowest BCUT2D eigenvalue weighted by molar-refractivity contribution is 0.669. The topological polar surface area (TPSA) is 56.7 Å². The van der Waals surface area contributed by atoms with Gasteiger partial charge < -0.3 is 8.98 Å². The minimum absolute atomic E-state index is 0.562. The molecule has 0 unspecified atom stereocenters. The van der Waals surface area contributed by atoms with Crippen LogP contribution in [0.25, 0.3) is 139 Å². The molecule has 0 saturated heterocycles. The Morgan fingerprint density at radius 3 is 1.35 bits per heavy atom. The van der Waals surface area contributed by atoms with Gasteiger partial charge in [-0.1, -0.05) is 188 Å². The first-order valence-electron chi connectivity index (χ1n) is 25.0. The van der Waals surface area contributed by atoms with Crippen LogP contribution in [0.3, 0.4) is 0 Å². The predicted octanol–water partition coefficient (Wildman–Crippen LogP) is 18.2. The second-order valence-corrected chi connectivity index (χ2v) is 18.8. The number of rotatable bonds is 9. The highest BCUT2D eigenvalue weighted by molar-refractivity contribution is 6.14. The highest BCUT2D eigenvalue weighted by Crippen LogP contribution is 2.42. The molecule has 0 aliphatic heterocycles. The Labute approximate surface area is 428 Å². The van der Waals surface area contributed by atoms with E-state index in [-0.39, 0.29) is 0 Å². The summed E-state index contributed by atoms with van der Waals surface area (Å²) >= 11 is 0. The summed E-state index contributed by atoms with van der Waals surface area (Å²) in [6, 6.07) is 94.2. The quantitative estimate of drug-likeness (QED) is 0.145. The van der Waals surface area contributed by atoms with Crippen molar-refractivity contribution in [1.82, 2.24) is 19.5 Å². The molecule has 0 atom stereocenters. The zero-order valence-corrected chi connectivity index (χ0v) is 40.1. The zero-order chi connectivity index (χ0) is 49.0. The fourth-order valence-corrected chi connectivity index (χ4v) is 10.7. The van der Waals surface area contributed by atoms with E-state index in [0.29, 0.717) is 17.5 Å². The molecule has 0 spiro atoms. The maximum Gasteiger partial charge on any atom is 0.164 e. The van der Waals surface area contributed by atoms with Crippen molar-refractivity contribution in [2.75, 3.05) is 0 Å². The van der Waals surface area contributed by atoms with E-state index >= 15 is 0 Å². The molecule has 74 heavy (non-hydrogen) atoms. The molecule has 14 aromatic rings. The van der Waals surface area contributed by atoms with Crippen LogP contribution in [-0.4, -0.2) is 19.5 Å². The molecule has 3 heterocycles. The third kappa shape index (κ3) is 7.72. The van der Waals surface area contributed by atoms with E-state index in [2.05, 4.69) is 241 Å². The smallest absolute Gasteiger partial charge is 0.164 e. The van der Waals surface area contributed by atoms with Crippen LogP contribution in [0.4, 0.5) is 0 Å². The van der Waals surface area contributed by atoms with Gasteiger partial charge in [-0.15, -0.1) is 0 Å². The van der Waals surface area contributed by atoms with Crippen LogP contribution in [0.15, 0.2) is 271 Å². The predicted molar refractivity (Wildman–Crippen MR) is 305 cm³/mol. The summed E-state index contributed by atoms with van der Waals surface area (Å²) in [5, 5.41) is 4.35.